The van der Waals surface area contributed by atoms with Gasteiger partial charge in [-0.3, -0.25) is 4.57 Å². The molecule has 1 heterocycles. The average Bonchev–Trinajstić information content (AvgIpc) is 3.16. The molecule has 35 heavy (non-hydrogen) atoms. The van der Waals surface area contributed by atoms with Crippen LogP contribution in [0.4, 0.5) is 26.3 Å². The van der Waals surface area contributed by atoms with Crippen LogP contribution < -0.4 is 4.74 Å². The number of imidazole rings is 1. The normalized spacial score (nSPS) is 12.5. The summed E-state index contributed by atoms with van der Waals surface area (Å²) in [7, 11) is 0. The van der Waals surface area contributed by atoms with Gasteiger partial charge in [0.15, 0.2) is 0 Å². The van der Waals surface area contributed by atoms with Gasteiger partial charge in [-0.25, -0.2) is 4.79 Å². The van der Waals surface area contributed by atoms with Crippen LogP contribution in [0.5, 0.6) is 6.01 Å². The van der Waals surface area contributed by atoms with E-state index in [1.165, 1.54) is 12.1 Å². The van der Waals surface area contributed by atoms with Crippen LogP contribution >= 0.6 is 0 Å². The Kier molecular flexibility index (Phi) is 8.09. The second-order valence-corrected chi connectivity index (χ2v) is 7.94. The lowest BCUT2D eigenvalue weighted by Gasteiger charge is -2.18. The lowest BCUT2D eigenvalue weighted by Crippen LogP contribution is -2.29. The zero-order valence-electron chi connectivity index (χ0n) is 19.2. The Morgan fingerprint density at radius 2 is 1.66 bits per heavy atom. The van der Waals surface area contributed by atoms with Crippen molar-refractivity contribution >= 4 is 17.0 Å². The van der Waals surface area contributed by atoms with Gasteiger partial charge in [0.05, 0.1) is 22.3 Å². The predicted octanol–water partition coefficient (Wildman–Crippen LogP) is 6.18. The van der Waals surface area contributed by atoms with Gasteiger partial charge in [-0.1, -0.05) is 32.0 Å². The number of hydrogen-bond acceptors (Lipinski definition) is 4. The second kappa shape index (κ2) is 10.7. The standard InChI is InChI=1S/C24H25F6N3O2/c1-3-32(4-2)13-9-8-10-16-14-17(23(25,26)27)15-19-20(16)33(18-11-6-5-7-12-18)22(31-19)35-21(34)24(28,29)30/h5-7,11-12,14-15H,3-4,8-10,13H2,1-2H3. The van der Waals surface area contributed by atoms with E-state index in [1.54, 1.807) is 18.2 Å². The van der Waals surface area contributed by atoms with Crippen molar-refractivity contribution in [1.82, 2.24) is 14.5 Å². The highest BCUT2D eigenvalue weighted by molar-refractivity contribution is 5.85. The molecule has 2 aromatic carbocycles. The van der Waals surface area contributed by atoms with Crippen LogP contribution in [-0.4, -0.2) is 46.2 Å². The van der Waals surface area contributed by atoms with E-state index in [9.17, 15) is 31.1 Å². The Balaban J connectivity index is 2.13. The van der Waals surface area contributed by atoms with Crippen LogP contribution in [0.1, 0.15) is 37.8 Å². The maximum atomic E-state index is 13.6. The number of para-hydroxylation sites is 1. The highest BCUT2D eigenvalue weighted by Gasteiger charge is 2.42. The number of benzene rings is 2. The number of aryl methyl sites for hydroxylation is 1. The lowest BCUT2D eigenvalue weighted by molar-refractivity contribution is -0.190. The maximum Gasteiger partial charge on any atom is 0.491 e. The average molecular weight is 501 g/mol. The monoisotopic (exact) mass is 501 g/mol. The number of fused-ring (bicyclic) bond motifs is 1. The minimum atomic E-state index is -5.30. The van der Waals surface area contributed by atoms with E-state index in [1.807, 2.05) is 13.8 Å². The third-order valence-corrected chi connectivity index (χ3v) is 5.62. The van der Waals surface area contributed by atoms with Gasteiger partial charge in [0, 0.05) is 0 Å². The molecule has 0 aliphatic heterocycles. The van der Waals surface area contributed by atoms with Crippen molar-refractivity contribution in [2.24, 2.45) is 0 Å². The Bertz CT molecular complexity index is 1150. The molecule has 0 spiro atoms. The number of ether oxygens (including phenoxy) is 1. The number of esters is 1. The van der Waals surface area contributed by atoms with Crippen molar-refractivity contribution in [3.8, 4) is 11.7 Å². The molecule has 190 valence electrons. The molecule has 0 unspecified atom stereocenters. The molecule has 0 aliphatic carbocycles. The quantitative estimate of drug-likeness (QED) is 0.200. The van der Waals surface area contributed by atoms with Crippen LogP contribution in [0.3, 0.4) is 0 Å². The smallest absolute Gasteiger partial charge is 0.385 e. The van der Waals surface area contributed by atoms with Crippen LogP contribution in [0.2, 0.25) is 0 Å². The molecule has 0 bridgehead atoms. The molecule has 0 fully saturated rings. The summed E-state index contributed by atoms with van der Waals surface area (Å²) in [5.41, 5.74) is -0.483. The van der Waals surface area contributed by atoms with Gasteiger partial charge in [0.25, 0.3) is 0 Å². The Morgan fingerprint density at radius 3 is 2.23 bits per heavy atom. The molecular weight excluding hydrogens is 476 g/mol. The van der Waals surface area contributed by atoms with Crippen LogP contribution in [0.15, 0.2) is 42.5 Å². The third kappa shape index (κ3) is 6.33. The molecule has 3 aromatic rings. The van der Waals surface area contributed by atoms with Crippen LogP contribution in [0.25, 0.3) is 16.7 Å². The van der Waals surface area contributed by atoms with Crippen molar-refractivity contribution in [3.63, 3.8) is 0 Å². The minimum Gasteiger partial charge on any atom is -0.385 e. The van der Waals surface area contributed by atoms with Crippen LogP contribution in [0, 0.1) is 0 Å². The van der Waals surface area contributed by atoms with Gasteiger partial charge >= 0.3 is 24.3 Å². The Labute approximate surface area is 198 Å². The Hall–Kier alpha value is -3.08. The molecule has 0 amide bonds. The van der Waals surface area contributed by atoms with E-state index in [0.29, 0.717) is 12.1 Å². The zero-order chi connectivity index (χ0) is 25.8. The summed E-state index contributed by atoms with van der Waals surface area (Å²) in [6.07, 6.45) is -8.50. The van der Waals surface area contributed by atoms with Crippen molar-refractivity contribution in [2.45, 2.75) is 45.5 Å². The van der Waals surface area contributed by atoms with E-state index in [-0.39, 0.29) is 23.0 Å². The molecular formula is C24H25F6N3O2. The molecule has 0 saturated carbocycles. The number of rotatable bonds is 9. The first-order chi connectivity index (χ1) is 16.5. The summed E-state index contributed by atoms with van der Waals surface area (Å²) in [5.74, 6) is -2.51. The SMILES string of the molecule is CCN(CC)CCCCc1cc(C(F)(F)F)cc2nc(OC(=O)C(F)(F)F)n(-c3ccccc3)c12. The second-order valence-electron chi connectivity index (χ2n) is 7.94. The van der Waals surface area contributed by atoms with E-state index < -0.39 is 29.9 Å². The van der Waals surface area contributed by atoms with E-state index in [0.717, 1.165) is 42.8 Å². The molecule has 0 aliphatic rings. The molecule has 0 N–H and O–H groups in total. The largest absolute Gasteiger partial charge is 0.491 e. The van der Waals surface area contributed by atoms with Crippen molar-refractivity contribution < 1.29 is 35.9 Å². The first kappa shape index (κ1) is 26.5. The number of unbranched alkanes of at least 4 members (excludes halogenated alkanes) is 1. The van der Waals surface area contributed by atoms with E-state index in [2.05, 4.69) is 14.6 Å². The third-order valence-electron chi connectivity index (χ3n) is 5.62. The summed E-state index contributed by atoms with van der Waals surface area (Å²) >= 11 is 0. The fourth-order valence-corrected chi connectivity index (χ4v) is 3.84. The molecule has 0 atom stereocenters. The number of hydrogen-bond donors (Lipinski definition) is 0. The molecule has 0 saturated heterocycles. The van der Waals surface area contributed by atoms with Gasteiger partial charge < -0.3 is 9.64 Å². The topological polar surface area (TPSA) is 47.4 Å². The van der Waals surface area contributed by atoms with Crippen molar-refractivity contribution in [3.05, 3.63) is 53.6 Å². The summed E-state index contributed by atoms with van der Waals surface area (Å²) in [6, 6.07) is 8.92. The first-order valence-electron chi connectivity index (χ1n) is 11.1. The molecule has 5 nitrogen and oxygen atoms in total. The molecule has 0 radical (unpaired) electrons. The molecule has 11 heteroatoms. The fourth-order valence-electron chi connectivity index (χ4n) is 3.84. The highest BCUT2D eigenvalue weighted by Crippen LogP contribution is 2.37. The Morgan fingerprint density at radius 1 is 1.00 bits per heavy atom. The maximum absolute atomic E-state index is 13.6. The molecule has 3 rings (SSSR count). The number of aromatic nitrogens is 2. The van der Waals surface area contributed by atoms with Crippen molar-refractivity contribution in [2.75, 3.05) is 19.6 Å². The van der Waals surface area contributed by atoms with E-state index in [4.69, 9.17) is 0 Å². The summed E-state index contributed by atoms with van der Waals surface area (Å²) < 4.78 is 85.1. The summed E-state index contributed by atoms with van der Waals surface area (Å²) in [4.78, 5) is 17.6. The number of alkyl halides is 6. The number of halogens is 6. The minimum absolute atomic E-state index is 0.164. The van der Waals surface area contributed by atoms with Gasteiger partial charge in [-0.05, 0) is 68.7 Å². The summed E-state index contributed by atoms with van der Waals surface area (Å²) in [5, 5.41) is 0. The van der Waals surface area contributed by atoms with Gasteiger partial charge in [-0.15, -0.1) is 0 Å². The highest BCUT2D eigenvalue weighted by atomic mass is 19.4. The molecule has 1 aromatic heterocycles. The number of nitrogens with zero attached hydrogens (tertiary/aromatic N) is 3. The number of carbonyl (C=O) groups excluding carboxylic acids is 1. The van der Waals surface area contributed by atoms with Crippen LogP contribution in [-0.2, 0) is 17.4 Å². The van der Waals surface area contributed by atoms with Crippen molar-refractivity contribution in [1.29, 1.82) is 0 Å². The zero-order valence-corrected chi connectivity index (χ0v) is 19.2. The van der Waals surface area contributed by atoms with E-state index >= 15 is 0 Å². The summed E-state index contributed by atoms with van der Waals surface area (Å²) in [6.45, 7) is 6.49. The predicted molar refractivity (Wildman–Crippen MR) is 118 cm³/mol. The first-order valence-corrected chi connectivity index (χ1v) is 11.1. The fraction of sp³-hybridized carbons (Fsp3) is 0.417. The van der Waals surface area contributed by atoms with Gasteiger partial charge in [0.1, 0.15) is 0 Å². The lowest BCUT2D eigenvalue weighted by atomic mass is 10.0. The van der Waals surface area contributed by atoms with Gasteiger partial charge in [-0.2, -0.15) is 31.3 Å². The number of carbonyl (C=O) groups is 1. The van der Waals surface area contributed by atoms with Gasteiger partial charge in [0.2, 0.25) is 0 Å².